The number of phenolic OH excluding ortho intramolecular Hbond substituents is 1. The molecular weight excluding hydrogens is 456 g/mol. The summed E-state index contributed by atoms with van der Waals surface area (Å²) in [6.45, 7) is 2.31. The van der Waals surface area contributed by atoms with Crippen LogP contribution in [0.1, 0.15) is 80.4 Å². The number of phenols is 1. The van der Waals surface area contributed by atoms with Crippen LogP contribution in [0.15, 0.2) is 59.7 Å². The molecule has 0 spiro atoms. The van der Waals surface area contributed by atoms with Gasteiger partial charge in [0.2, 0.25) is 0 Å². The monoisotopic (exact) mass is 488 g/mol. The molecule has 6 heteroatoms. The van der Waals surface area contributed by atoms with Gasteiger partial charge in [-0.15, -0.1) is 0 Å². The Labute approximate surface area is 204 Å². The summed E-state index contributed by atoms with van der Waals surface area (Å²) in [7, 11) is 0. The van der Waals surface area contributed by atoms with E-state index in [1.54, 1.807) is 30.3 Å². The summed E-state index contributed by atoms with van der Waals surface area (Å²) in [6, 6.07) is 9.48. The zero-order valence-electron chi connectivity index (χ0n) is 20.0. The van der Waals surface area contributed by atoms with Crippen molar-refractivity contribution < 1.29 is 27.4 Å². The Balaban J connectivity index is 1.31. The Kier molecular flexibility index (Phi) is 8.32. The van der Waals surface area contributed by atoms with E-state index >= 15 is 0 Å². The Morgan fingerprint density at radius 2 is 1.63 bits per heavy atom. The van der Waals surface area contributed by atoms with Gasteiger partial charge in [-0.3, -0.25) is 0 Å². The molecule has 35 heavy (non-hydrogen) atoms. The van der Waals surface area contributed by atoms with Crippen molar-refractivity contribution in [2.75, 3.05) is 6.61 Å². The first-order valence-corrected chi connectivity index (χ1v) is 12.5. The lowest BCUT2D eigenvalue weighted by Crippen LogP contribution is -2.16. The lowest BCUT2D eigenvalue weighted by atomic mass is 9.76. The third kappa shape index (κ3) is 5.80. The van der Waals surface area contributed by atoms with Crippen molar-refractivity contribution in [1.29, 1.82) is 0 Å². The lowest BCUT2D eigenvalue weighted by molar-refractivity contribution is 0.130. The topological polar surface area (TPSA) is 29.5 Å². The van der Waals surface area contributed by atoms with Crippen LogP contribution in [0, 0.1) is 17.6 Å². The molecule has 1 atom stereocenters. The van der Waals surface area contributed by atoms with Crippen molar-refractivity contribution in [3.05, 3.63) is 88.0 Å². The number of aromatic hydroxyl groups is 1. The fourth-order valence-electron chi connectivity index (χ4n) is 5.33. The minimum absolute atomic E-state index is 0.0315. The van der Waals surface area contributed by atoms with Gasteiger partial charge in [0.25, 0.3) is 0 Å². The predicted octanol–water partition coefficient (Wildman–Crippen LogP) is 8.53. The molecule has 0 bridgehead atoms. The summed E-state index contributed by atoms with van der Waals surface area (Å²) in [5.41, 5.74) is 1.71. The molecule has 2 aromatic carbocycles. The molecule has 2 aromatic rings. The zero-order valence-corrected chi connectivity index (χ0v) is 20.0. The molecule has 2 nitrogen and oxygen atoms in total. The van der Waals surface area contributed by atoms with Gasteiger partial charge in [-0.2, -0.15) is 0 Å². The molecule has 1 saturated carbocycles. The summed E-state index contributed by atoms with van der Waals surface area (Å²) >= 11 is 0. The molecule has 1 unspecified atom stereocenters. The molecule has 1 fully saturated rings. The highest BCUT2D eigenvalue weighted by molar-refractivity contribution is 5.41. The van der Waals surface area contributed by atoms with Crippen LogP contribution in [0.5, 0.6) is 5.75 Å². The predicted molar refractivity (Wildman–Crippen MR) is 128 cm³/mol. The molecule has 2 aliphatic carbocycles. The number of ether oxygens (including phenoxy) is 1. The van der Waals surface area contributed by atoms with E-state index in [4.69, 9.17) is 4.74 Å². The summed E-state index contributed by atoms with van der Waals surface area (Å²) < 4.78 is 63.9. The van der Waals surface area contributed by atoms with Gasteiger partial charge in [0.15, 0.2) is 17.5 Å². The van der Waals surface area contributed by atoms with Gasteiger partial charge < -0.3 is 9.84 Å². The maximum absolute atomic E-state index is 14.8. The Hall–Kier alpha value is -2.60. The van der Waals surface area contributed by atoms with Gasteiger partial charge in [-0.05, 0) is 92.5 Å². The molecule has 0 aromatic heterocycles. The molecule has 0 saturated heterocycles. The van der Waals surface area contributed by atoms with Crippen LogP contribution >= 0.6 is 0 Å². The standard InChI is InChI=1S/C29H32F4O2/c1-2-35-17-22-12-16-25(29(33)27(22)31)19-6-3-18(4-7-19)5-8-21-11-15-24(28(32)26(21)30)20-9-13-23(34)14-10-20/h9-14,16,18-19,24,34H,2-8,15,17H2,1H3. The third-order valence-electron chi connectivity index (χ3n) is 7.46. The fraction of sp³-hybridized carbons (Fsp3) is 0.448. The molecule has 0 aliphatic heterocycles. The molecule has 1 N–H and O–H groups in total. The van der Waals surface area contributed by atoms with Crippen molar-refractivity contribution in [2.45, 2.75) is 70.3 Å². The van der Waals surface area contributed by atoms with E-state index in [1.807, 2.05) is 6.92 Å². The Morgan fingerprint density at radius 3 is 2.31 bits per heavy atom. The summed E-state index contributed by atoms with van der Waals surface area (Å²) in [4.78, 5) is 0. The van der Waals surface area contributed by atoms with E-state index in [9.17, 15) is 22.7 Å². The van der Waals surface area contributed by atoms with Gasteiger partial charge >= 0.3 is 0 Å². The first-order chi connectivity index (χ1) is 16.9. The summed E-state index contributed by atoms with van der Waals surface area (Å²) in [6.07, 6.45) is 6.58. The second kappa shape index (κ2) is 11.4. The molecule has 0 amide bonds. The normalized spacial score (nSPS) is 22.9. The number of hydrogen-bond donors (Lipinski definition) is 1. The van der Waals surface area contributed by atoms with E-state index in [2.05, 4.69) is 0 Å². The minimum Gasteiger partial charge on any atom is -0.508 e. The van der Waals surface area contributed by atoms with Crippen molar-refractivity contribution >= 4 is 0 Å². The van der Waals surface area contributed by atoms with Crippen molar-refractivity contribution in [2.24, 2.45) is 5.92 Å². The lowest BCUT2D eigenvalue weighted by Gasteiger charge is -2.30. The molecular formula is C29H32F4O2. The van der Waals surface area contributed by atoms with E-state index in [-0.39, 0.29) is 23.8 Å². The van der Waals surface area contributed by atoms with Crippen LogP contribution in [0.3, 0.4) is 0 Å². The number of hydrogen-bond acceptors (Lipinski definition) is 2. The maximum atomic E-state index is 14.8. The van der Waals surface area contributed by atoms with Gasteiger partial charge in [-0.25, -0.2) is 17.6 Å². The molecule has 188 valence electrons. The maximum Gasteiger partial charge on any atom is 0.164 e. The van der Waals surface area contributed by atoms with Crippen LogP contribution in [0.25, 0.3) is 0 Å². The smallest absolute Gasteiger partial charge is 0.164 e. The number of benzene rings is 2. The Bertz CT molecular complexity index is 1080. The van der Waals surface area contributed by atoms with Gasteiger partial charge in [0.05, 0.1) is 6.61 Å². The van der Waals surface area contributed by atoms with Crippen LogP contribution in [0.4, 0.5) is 17.6 Å². The Morgan fingerprint density at radius 1 is 0.914 bits per heavy atom. The van der Waals surface area contributed by atoms with Gasteiger partial charge in [0, 0.05) is 18.1 Å². The fourth-order valence-corrected chi connectivity index (χ4v) is 5.33. The third-order valence-corrected chi connectivity index (χ3v) is 7.46. The molecule has 0 heterocycles. The highest BCUT2D eigenvalue weighted by atomic mass is 19.2. The SMILES string of the molecule is CCOCc1ccc(C2CCC(CCC3=CCC(c4ccc(O)cc4)C(F)=C3F)CC2)c(F)c1F. The molecule has 4 rings (SSSR count). The van der Waals surface area contributed by atoms with Gasteiger partial charge in [-0.1, -0.05) is 30.3 Å². The van der Waals surface area contributed by atoms with E-state index in [0.717, 1.165) is 32.1 Å². The second-order valence-electron chi connectivity index (χ2n) is 9.61. The summed E-state index contributed by atoms with van der Waals surface area (Å²) in [5, 5.41) is 9.42. The average molecular weight is 489 g/mol. The van der Waals surface area contributed by atoms with E-state index < -0.39 is 29.2 Å². The largest absolute Gasteiger partial charge is 0.508 e. The number of halogens is 4. The van der Waals surface area contributed by atoms with Crippen LogP contribution in [-0.2, 0) is 11.3 Å². The first kappa shape index (κ1) is 25.5. The zero-order chi connectivity index (χ0) is 24.9. The average Bonchev–Trinajstić information content (AvgIpc) is 2.87. The highest BCUT2D eigenvalue weighted by Crippen LogP contribution is 2.43. The second-order valence-corrected chi connectivity index (χ2v) is 9.61. The molecule has 2 aliphatic rings. The van der Waals surface area contributed by atoms with Crippen molar-refractivity contribution in [3.63, 3.8) is 0 Å². The van der Waals surface area contributed by atoms with Crippen molar-refractivity contribution in [3.8, 4) is 5.75 Å². The number of allylic oxidation sites excluding steroid dienone is 4. The minimum atomic E-state index is -0.822. The highest BCUT2D eigenvalue weighted by Gasteiger charge is 2.29. The van der Waals surface area contributed by atoms with Crippen LogP contribution < -0.4 is 0 Å². The van der Waals surface area contributed by atoms with Crippen LogP contribution in [-0.4, -0.2) is 11.7 Å². The van der Waals surface area contributed by atoms with Crippen LogP contribution in [0.2, 0.25) is 0 Å². The van der Waals surface area contributed by atoms with Gasteiger partial charge in [0.1, 0.15) is 11.6 Å². The number of rotatable bonds is 8. The van der Waals surface area contributed by atoms with Crippen molar-refractivity contribution in [1.82, 2.24) is 0 Å². The first-order valence-electron chi connectivity index (χ1n) is 12.5. The molecule has 0 radical (unpaired) electrons. The van der Waals surface area contributed by atoms with E-state index in [1.165, 1.54) is 12.1 Å². The quantitative estimate of drug-likeness (QED) is 0.377. The summed E-state index contributed by atoms with van der Waals surface area (Å²) in [5.74, 6) is -3.37. The van der Waals surface area contributed by atoms with E-state index in [0.29, 0.717) is 42.1 Å².